The second kappa shape index (κ2) is 4.32. The maximum Gasteiger partial charge on any atom is 0.416 e. The maximum absolute atomic E-state index is 13.1. The lowest BCUT2D eigenvalue weighted by molar-refractivity contribution is -0.138. The lowest BCUT2D eigenvalue weighted by Crippen LogP contribution is -2.24. The number of rotatable bonds is 2. The molecule has 1 aromatic rings. The molecule has 0 radical (unpaired) electrons. The fourth-order valence-corrected chi connectivity index (χ4v) is 1.25. The van der Waals surface area contributed by atoms with Gasteiger partial charge in [0.2, 0.25) is 0 Å². The molecule has 0 saturated heterocycles. The molecule has 0 heterocycles. The molecule has 0 spiro atoms. The second-order valence-electron chi connectivity index (χ2n) is 3.06. The lowest BCUT2D eigenvalue weighted by atomic mass is 10.00. The van der Waals surface area contributed by atoms with Crippen LogP contribution >= 0.6 is 0 Å². The zero-order chi connectivity index (χ0) is 12.5. The first-order chi connectivity index (χ1) is 7.25. The van der Waals surface area contributed by atoms with Gasteiger partial charge in [0.05, 0.1) is 11.6 Å². The average Bonchev–Trinajstić information content (AvgIpc) is 2.14. The number of hydrogen-bond acceptors (Lipinski definition) is 1. The van der Waals surface area contributed by atoms with E-state index in [1.807, 2.05) is 0 Å². The Kier molecular flexibility index (Phi) is 3.47. The van der Waals surface area contributed by atoms with E-state index in [1.54, 1.807) is 0 Å². The number of benzene rings is 1. The Morgan fingerprint density at radius 2 is 1.69 bits per heavy atom. The SMILES string of the molecule is N[C@@H](c1c(F)cccc1C(F)(F)F)C(F)F. The Labute approximate surface area is 86.9 Å². The van der Waals surface area contributed by atoms with Gasteiger partial charge in [-0.1, -0.05) is 6.07 Å². The van der Waals surface area contributed by atoms with Crippen LogP contribution in [0.5, 0.6) is 0 Å². The van der Waals surface area contributed by atoms with E-state index < -0.39 is 35.6 Å². The van der Waals surface area contributed by atoms with Crippen molar-refractivity contribution in [2.45, 2.75) is 18.6 Å². The van der Waals surface area contributed by atoms with E-state index >= 15 is 0 Å². The van der Waals surface area contributed by atoms with Crippen molar-refractivity contribution >= 4 is 0 Å². The van der Waals surface area contributed by atoms with Crippen LogP contribution in [0, 0.1) is 5.82 Å². The fraction of sp³-hybridized carbons (Fsp3) is 0.333. The van der Waals surface area contributed by atoms with Crippen LogP contribution in [0.1, 0.15) is 17.2 Å². The molecule has 0 amide bonds. The Hall–Kier alpha value is -1.24. The third-order valence-corrected chi connectivity index (χ3v) is 1.96. The molecule has 1 aromatic carbocycles. The minimum Gasteiger partial charge on any atom is -0.319 e. The largest absolute Gasteiger partial charge is 0.416 e. The fourth-order valence-electron chi connectivity index (χ4n) is 1.25. The van der Waals surface area contributed by atoms with Crippen LogP contribution in [0.3, 0.4) is 0 Å². The Bertz CT molecular complexity index is 373. The summed E-state index contributed by atoms with van der Waals surface area (Å²) in [4.78, 5) is 0. The normalized spacial score (nSPS) is 14.2. The lowest BCUT2D eigenvalue weighted by Gasteiger charge is -2.18. The minimum atomic E-state index is -4.91. The van der Waals surface area contributed by atoms with Gasteiger partial charge in [0.1, 0.15) is 5.82 Å². The van der Waals surface area contributed by atoms with E-state index in [0.29, 0.717) is 12.1 Å². The van der Waals surface area contributed by atoms with Gasteiger partial charge < -0.3 is 5.73 Å². The van der Waals surface area contributed by atoms with Crippen LogP contribution in [0.25, 0.3) is 0 Å². The summed E-state index contributed by atoms with van der Waals surface area (Å²) in [6, 6.07) is -0.328. The van der Waals surface area contributed by atoms with Crippen molar-refractivity contribution in [3.05, 3.63) is 35.1 Å². The average molecular weight is 243 g/mol. The van der Waals surface area contributed by atoms with Gasteiger partial charge >= 0.3 is 6.18 Å². The Balaban J connectivity index is 3.35. The summed E-state index contributed by atoms with van der Waals surface area (Å²) in [7, 11) is 0. The molecule has 90 valence electrons. The molecule has 16 heavy (non-hydrogen) atoms. The third-order valence-electron chi connectivity index (χ3n) is 1.96. The van der Waals surface area contributed by atoms with E-state index in [0.717, 1.165) is 6.07 Å². The molecule has 0 aliphatic carbocycles. The quantitative estimate of drug-likeness (QED) is 0.793. The number of hydrogen-bond donors (Lipinski definition) is 1. The van der Waals surface area contributed by atoms with Crippen LogP contribution in [-0.4, -0.2) is 6.43 Å². The van der Waals surface area contributed by atoms with Gasteiger partial charge in [0.15, 0.2) is 0 Å². The molecule has 0 aromatic heterocycles. The Morgan fingerprint density at radius 1 is 1.12 bits per heavy atom. The predicted octanol–water partition coefficient (Wildman–Crippen LogP) is 3.11. The second-order valence-corrected chi connectivity index (χ2v) is 3.06. The standard InChI is InChI=1S/C9H7F6N/c10-5-3-1-2-4(9(13,14)15)6(5)7(16)8(11)12/h1-3,7-8H,16H2/t7-/m0/s1. The molecule has 2 N–H and O–H groups in total. The summed E-state index contributed by atoms with van der Waals surface area (Å²) < 4.78 is 74.6. The summed E-state index contributed by atoms with van der Waals surface area (Å²) in [5.74, 6) is -1.39. The summed E-state index contributed by atoms with van der Waals surface area (Å²) in [5, 5.41) is 0. The molecule has 7 heteroatoms. The zero-order valence-corrected chi connectivity index (χ0v) is 7.73. The van der Waals surface area contributed by atoms with Crippen molar-refractivity contribution in [2.75, 3.05) is 0 Å². The van der Waals surface area contributed by atoms with Crippen molar-refractivity contribution in [2.24, 2.45) is 5.73 Å². The molecular formula is C9H7F6N. The molecule has 0 aliphatic rings. The van der Waals surface area contributed by atoms with Gasteiger partial charge in [-0.3, -0.25) is 0 Å². The van der Waals surface area contributed by atoms with E-state index in [4.69, 9.17) is 5.73 Å². The summed E-state index contributed by atoms with van der Waals surface area (Å²) in [6.45, 7) is 0. The smallest absolute Gasteiger partial charge is 0.319 e. The zero-order valence-electron chi connectivity index (χ0n) is 7.73. The summed E-state index contributed by atoms with van der Waals surface area (Å²) in [6.07, 6.45) is -8.18. The van der Waals surface area contributed by atoms with Crippen molar-refractivity contribution < 1.29 is 26.3 Å². The topological polar surface area (TPSA) is 26.0 Å². The van der Waals surface area contributed by atoms with Crippen LogP contribution in [0.2, 0.25) is 0 Å². The van der Waals surface area contributed by atoms with Crippen LogP contribution in [0.4, 0.5) is 26.3 Å². The van der Waals surface area contributed by atoms with Crippen LogP contribution in [-0.2, 0) is 6.18 Å². The molecule has 0 fully saturated rings. The van der Waals surface area contributed by atoms with Gasteiger partial charge in [0, 0.05) is 5.56 Å². The van der Waals surface area contributed by atoms with Gasteiger partial charge in [0.25, 0.3) is 6.43 Å². The molecule has 1 rings (SSSR count). The molecule has 1 atom stereocenters. The maximum atomic E-state index is 13.1. The van der Waals surface area contributed by atoms with Crippen molar-refractivity contribution in [3.63, 3.8) is 0 Å². The molecule has 0 unspecified atom stereocenters. The number of halogens is 6. The van der Waals surface area contributed by atoms with Crippen LogP contribution < -0.4 is 5.73 Å². The minimum absolute atomic E-state index is 0.515. The van der Waals surface area contributed by atoms with E-state index in [9.17, 15) is 26.3 Å². The molecule has 0 aliphatic heterocycles. The third kappa shape index (κ3) is 2.46. The summed E-state index contributed by atoms with van der Waals surface area (Å²) in [5.41, 5.74) is 2.17. The highest BCUT2D eigenvalue weighted by molar-refractivity contribution is 5.34. The molecule has 1 nitrogen and oxygen atoms in total. The van der Waals surface area contributed by atoms with E-state index in [2.05, 4.69) is 0 Å². The molecule has 0 bridgehead atoms. The predicted molar refractivity (Wildman–Crippen MR) is 44.3 cm³/mol. The highest BCUT2D eigenvalue weighted by atomic mass is 19.4. The van der Waals surface area contributed by atoms with Gasteiger partial charge in [-0.25, -0.2) is 13.2 Å². The van der Waals surface area contributed by atoms with Crippen molar-refractivity contribution in [1.82, 2.24) is 0 Å². The highest BCUT2D eigenvalue weighted by Crippen LogP contribution is 2.36. The summed E-state index contributed by atoms with van der Waals surface area (Å²) >= 11 is 0. The number of nitrogens with two attached hydrogens (primary N) is 1. The Morgan fingerprint density at radius 3 is 2.12 bits per heavy atom. The van der Waals surface area contributed by atoms with Crippen molar-refractivity contribution in [1.29, 1.82) is 0 Å². The van der Waals surface area contributed by atoms with Crippen LogP contribution in [0.15, 0.2) is 18.2 Å². The highest BCUT2D eigenvalue weighted by Gasteiger charge is 2.37. The molecular weight excluding hydrogens is 236 g/mol. The first-order valence-corrected chi connectivity index (χ1v) is 4.14. The first-order valence-electron chi connectivity index (χ1n) is 4.14. The number of alkyl halides is 5. The van der Waals surface area contributed by atoms with Crippen molar-refractivity contribution in [3.8, 4) is 0 Å². The first kappa shape index (κ1) is 12.8. The van der Waals surface area contributed by atoms with Gasteiger partial charge in [-0.05, 0) is 12.1 Å². The van der Waals surface area contributed by atoms with E-state index in [-0.39, 0.29) is 0 Å². The van der Waals surface area contributed by atoms with Gasteiger partial charge in [-0.2, -0.15) is 13.2 Å². The molecule has 0 saturated carbocycles. The van der Waals surface area contributed by atoms with Gasteiger partial charge in [-0.15, -0.1) is 0 Å². The monoisotopic (exact) mass is 243 g/mol. The van der Waals surface area contributed by atoms with E-state index in [1.165, 1.54) is 0 Å².